The normalized spacial score (nSPS) is 11.2. The van der Waals surface area contributed by atoms with Gasteiger partial charge >= 0.3 is 0 Å². The first-order chi connectivity index (χ1) is 21.1. The van der Waals surface area contributed by atoms with Gasteiger partial charge in [-0.3, -0.25) is 0 Å². The Balaban J connectivity index is 0.000000712. The highest BCUT2D eigenvalue weighted by molar-refractivity contribution is 7.84. The van der Waals surface area contributed by atoms with Crippen molar-refractivity contribution in [2.45, 2.75) is 0 Å². The molecule has 226 valence electrons. The SMILES string of the molecule is COc1cc2cc3c4cc(-c5ccc(-c6ccccc6)cc5)c(OC)c(OC)c4ccc3[n+](C)c2cc1OC.CS(=O)(=O)[O-]. The molecule has 6 rings (SSSR count). The highest BCUT2D eigenvalue weighted by atomic mass is 32.2. The molecule has 0 spiro atoms. The van der Waals surface area contributed by atoms with Crippen LogP contribution in [-0.2, 0) is 17.2 Å². The third-order valence-corrected chi connectivity index (χ3v) is 7.51. The molecule has 0 radical (unpaired) electrons. The molecule has 0 aliphatic rings. The molecule has 44 heavy (non-hydrogen) atoms. The molecule has 1 heterocycles. The number of benzene rings is 5. The van der Waals surface area contributed by atoms with E-state index in [2.05, 4.69) is 84.4 Å². The molecule has 5 aromatic carbocycles. The third kappa shape index (κ3) is 5.97. The number of fused-ring (bicyclic) bond motifs is 4. The van der Waals surface area contributed by atoms with Crippen molar-refractivity contribution in [3.05, 3.63) is 91.0 Å². The van der Waals surface area contributed by atoms with E-state index in [-0.39, 0.29) is 0 Å². The summed E-state index contributed by atoms with van der Waals surface area (Å²) in [6.07, 6.45) is 0.604. The molecule has 8 nitrogen and oxygen atoms in total. The average molecular weight is 612 g/mol. The standard InChI is InChI=1S/C34H30NO4.CH4O3S/c1-35-29-16-15-25-27(28(29)17-24-18-31(36-2)32(37-3)20-30(24)35)19-26(34(39-5)33(25)38-4)23-13-11-22(12-14-23)21-9-7-6-8-10-21;1-5(2,3)4/h6-20H,1-5H3;1H3,(H,2,3,4)/q+1;/p-1. The minimum Gasteiger partial charge on any atom is -0.748 e. The van der Waals surface area contributed by atoms with Crippen molar-refractivity contribution in [2.75, 3.05) is 34.7 Å². The molecule has 0 aliphatic heterocycles. The van der Waals surface area contributed by atoms with E-state index in [0.29, 0.717) is 29.3 Å². The summed E-state index contributed by atoms with van der Waals surface area (Å²) in [5.74, 6) is 2.83. The molecule has 0 atom stereocenters. The van der Waals surface area contributed by atoms with Crippen LogP contribution in [0.3, 0.4) is 0 Å². The van der Waals surface area contributed by atoms with Crippen LogP contribution in [-0.4, -0.2) is 47.7 Å². The maximum atomic E-state index is 9.08. The van der Waals surface area contributed by atoms with Gasteiger partial charge in [0.25, 0.3) is 0 Å². The zero-order chi connectivity index (χ0) is 31.6. The lowest BCUT2D eigenvalue weighted by atomic mass is 9.94. The summed E-state index contributed by atoms with van der Waals surface area (Å²) < 4.78 is 52.5. The van der Waals surface area contributed by atoms with Crippen LogP contribution < -0.4 is 23.5 Å². The van der Waals surface area contributed by atoms with Crippen molar-refractivity contribution in [2.24, 2.45) is 7.05 Å². The van der Waals surface area contributed by atoms with Crippen LogP contribution in [0.1, 0.15) is 0 Å². The highest BCUT2D eigenvalue weighted by Gasteiger charge is 2.22. The van der Waals surface area contributed by atoms with Gasteiger partial charge in [-0.2, -0.15) is 4.57 Å². The molecule has 6 aromatic rings. The van der Waals surface area contributed by atoms with Crippen molar-refractivity contribution < 1.29 is 36.5 Å². The van der Waals surface area contributed by atoms with Crippen LogP contribution in [0.5, 0.6) is 23.0 Å². The molecule has 0 N–H and O–H groups in total. The maximum Gasteiger partial charge on any atom is 0.216 e. The van der Waals surface area contributed by atoms with Crippen molar-refractivity contribution in [1.29, 1.82) is 0 Å². The van der Waals surface area contributed by atoms with E-state index in [1.807, 2.05) is 18.2 Å². The summed E-state index contributed by atoms with van der Waals surface area (Å²) in [7, 11) is 4.87. The first kappa shape index (κ1) is 30.6. The molecule has 0 bridgehead atoms. The first-order valence-electron chi connectivity index (χ1n) is 13.7. The Labute approximate surface area is 256 Å². The molecule has 1 aromatic heterocycles. The summed E-state index contributed by atoms with van der Waals surface area (Å²) in [5.41, 5.74) is 6.53. The van der Waals surface area contributed by atoms with Crippen LogP contribution in [0.4, 0.5) is 0 Å². The number of methoxy groups -OCH3 is 4. The molecule has 0 saturated carbocycles. The Hall–Kier alpha value is -4.86. The Morgan fingerprint density at radius 3 is 1.75 bits per heavy atom. The largest absolute Gasteiger partial charge is 0.748 e. The van der Waals surface area contributed by atoms with Crippen molar-refractivity contribution in [3.8, 4) is 45.3 Å². The topological polar surface area (TPSA) is 98.0 Å². The van der Waals surface area contributed by atoms with Crippen LogP contribution in [0.25, 0.3) is 54.8 Å². The summed E-state index contributed by atoms with van der Waals surface area (Å²) in [6, 6.07) is 31.7. The lowest BCUT2D eigenvalue weighted by Crippen LogP contribution is -2.30. The van der Waals surface area contributed by atoms with Crippen LogP contribution in [0.2, 0.25) is 0 Å². The van der Waals surface area contributed by atoms with Gasteiger partial charge in [0.05, 0.1) is 55.4 Å². The first-order valence-corrected chi connectivity index (χ1v) is 15.5. The number of nitrogens with zero attached hydrogens (tertiary/aromatic N) is 1. The van der Waals surface area contributed by atoms with Gasteiger partial charge in [-0.05, 0) is 41.0 Å². The summed E-state index contributed by atoms with van der Waals surface area (Å²) in [6.45, 7) is 0. The van der Waals surface area contributed by atoms with Gasteiger partial charge < -0.3 is 23.5 Å². The zero-order valence-corrected chi connectivity index (χ0v) is 26.2. The fourth-order valence-electron chi connectivity index (χ4n) is 5.54. The number of aryl methyl sites for hydroxylation is 1. The number of ether oxygens (including phenoxy) is 4. The quantitative estimate of drug-likeness (QED) is 0.0918. The lowest BCUT2D eigenvalue weighted by Gasteiger charge is -2.17. The van der Waals surface area contributed by atoms with Gasteiger partial charge in [0.2, 0.25) is 11.0 Å². The Bertz CT molecular complexity index is 2090. The molecule has 0 aliphatic carbocycles. The van der Waals surface area contributed by atoms with Crippen molar-refractivity contribution in [3.63, 3.8) is 0 Å². The van der Waals surface area contributed by atoms with Gasteiger partial charge in [-0.15, -0.1) is 0 Å². The average Bonchev–Trinajstić information content (AvgIpc) is 3.03. The van der Waals surface area contributed by atoms with Gasteiger partial charge in [-0.25, -0.2) is 8.42 Å². The lowest BCUT2D eigenvalue weighted by molar-refractivity contribution is -0.617. The van der Waals surface area contributed by atoms with E-state index < -0.39 is 10.1 Å². The highest BCUT2D eigenvalue weighted by Crippen LogP contribution is 2.46. The van der Waals surface area contributed by atoms with Gasteiger partial charge in [0.1, 0.15) is 7.05 Å². The monoisotopic (exact) mass is 611 g/mol. The Morgan fingerprint density at radius 1 is 0.591 bits per heavy atom. The second-order valence-corrected chi connectivity index (χ2v) is 11.6. The van der Waals surface area contributed by atoms with E-state index in [4.69, 9.17) is 31.9 Å². The molecule has 0 saturated heterocycles. The fraction of sp³-hybridized carbons (Fsp3) is 0.171. The van der Waals surface area contributed by atoms with Gasteiger partial charge in [0, 0.05) is 28.7 Å². The van der Waals surface area contributed by atoms with Crippen LogP contribution >= 0.6 is 0 Å². The smallest absolute Gasteiger partial charge is 0.216 e. The van der Waals surface area contributed by atoms with E-state index in [1.165, 1.54) is 11.1 Å². The molecule has 9 heteroatoms. The number of rotatable bonds is 6. The number of hydrogen-bond acceptors (Lipinski definition) is 7. The van der Waals surface area contributed by atoms with E-state index >= 15 is 0 Å². The van der Waals surface area contributed by atoms with E-state index in [9.17, 15) is 0 Å². The third-order valence-electron chi connectivity index (χ3n) is 7.51. The Kier molecular flexibility index (Phi) is 8.62. The second-order valence-electron chi connectivity index (χ2n) is 10.2. The molecule has 0 amide bonds. The molecule has 0 unspecified atom stereocenters. The summed E-state index contributed by atoms with van der Waals surface area (Å²) in [5, 5.41) is 4.24. The van der Waals surface area contributed by atoms with E-state index in [1.54, 1.807) is 28.4 Å². The summed E-state index contributed by atoms with van der Waals surface area (Å²) in [4.78, 5) is 0. The second kappa shape index (κ2) is 12.4. The minimum absolute atomic E-state index is 0.604. The van der Waals surface area contributed by atoms with Crippen molar-refractivity contribution >= 4 is 42.7 Å². The van der Waals surface area contributed by atoms with Gasteiger partial charge in [-0.1, -0.05) is 54.6 Å². The number of pyridine rings is 1. The minimum atomic E-state index is -3.92. The Morgan fingerprint density at radius 2 is 1.16 bits per heavy atom. The molecule has 0 fully saturated rings. The maximum absolute atomic E-state index is 9.08. The molecular weight excluding hydrogens is 578 g/mol. The molecular formula is C35H33NO7S. The van der Waals surface area contributed by atoms with E-state index in [0.717, 1.165) is 43.7 Å². The number of aromatic nitrogens is 1. The van der Waals surface area contributed by atoms with Crippen LogP contribution in [0.15, 0.2) is 91.0 Å². The van der Waals surface area contributed by atoms with Crippen LogP contribution in [0, 0.1) is 0 Å². The van der Waals surface area contributed by atoms with Crippen molar-refractivity contribution in [1.82, 2.24) is 0 Å². The predicted octanol–water partition coefficient (Wildman–Crippen LogP) is 6.50. The number of hydrogen-bond donors (Lipinski definition) is 0. The zero-order valence-electron chi connectivity index (χ0n) is 25.4. The fourth-order valence-corrected chi connectivity index (χ4v) is 5.54. The van der Waals surface area contributed by atoms with Gasteiger partial charge in [0.15, 0.2) is 23.0 Å². The predicted molar refractivity (Wildman–Crippen MR) is 173 cm³/mol. The summed E-state index contributed by atoms with van der Waals surface area (Å²) >= 11 is 0.